The van der Waals surface area contributed by atoms with Crippen LogP contribution in [0.5, 0.6) is 5.75 Å². The van der Waals surface area contributed by atoms with Crippen molar-refractivity contribution in [3.05, 3.63) is 95.6 Å². The quantitative estimate of drug-likeness (QED) is 0.688. The molecule has 0 aromatic heterocycles. The lowest BCUT2D eigenvalue weighted by Gasteiger charge is -2.28. The Labute approximate surface area is 176 Å². The lowest BCUT2D eigenvalue weighted by atomic mass is 10.0. The molecule has 0 bridgehead atoms. The van der Waals surface area contributed by atoms with Crippen LogP contribution in [0, 0.1) is 0 Å². The number of hydrogen-bond acceptors (Lipinski definition) is 3. The summed E-state index contributed by atoms with van der Waals surface area (Å²) in [5, 5.41) is 2.92. The van der Waals surface area contributed by atoms with Gasteiger partial charge in [-0.1, -0.05) is 48.5 Å². The van der Waals surface area contributed by atoms with E-state index >= 15 is 0 Å². The number of carbonyl (C=O) groups excluding carboxylic acids is 2. The van der Waals surface area contributed by atoms with Crippen LogP contribution >= 0.6 is 0 Å². The van der Waals surface area contributed by atoms with Crippen LogP contribution in [0.1, 0.15) is 34.5 Å². The highest BCUT2D eigenvalue weighted by Gasteiger charge is 2.32. The lowest BCUT2D eigenvalue weighted by molar-refractivity contribution is -0.138. The van der Waals surface area contributed by atoms with E-state index in [2.05, 4.69) is 5.32 Å². The molecule has 0 radical (unpaired) electrons. The summed E-state index contributed by atoms with van der Waals surface area (Å²) < 4.78 is 5.85. The lowest BCUT2D eigenvalue weighted by Crippen LogP contribution is -2.40. The van der Waals surface area contributed by atoms with E-state index < -0.39 is 6.10 Å². The summed E-state index contributed by atoms with van der Waals surface area (Å²) in [4.78, 5) is 27.1. The molecule has 3 aromatic rings. The zero-order valence-corrected chi connectivity index (χ0v) is 17.0. The minimum absolute atomic E-state index is 0.0579. The summed E-state index contributed by atoms with van der Waals surface area (Å²) in [5.74, 6) is 0.557. The zero-order chi connectivity index (χ0) is 21.1. The third kappa shape index (κ3) is 4.06. The molecule has 152 valence electrons. The van der Waals surface area contributed by atoms with E-state index in [1.165, 1.54) is 0 Å². The van der Waals surface area contributed by atoms with Gasteiger partial charge in [0.1, 0.15) is 5.75 Å². The molecule has 0 saturated heterocycles. The molecule has 1 N–H and O–H groups in total. The van der Waals surface area contributed by atoms with Gasteiger partial charge in [-0.3, -0.25) is 9.59 Å². The normalized spacial score (nSPS) is 15.6. The number of carbonyl (C=O) groups is 2. The van der Waals surface area contributed by atoms with E-state index in [9.17, 15) is 9.59 Å². The zero-order valence-electron chi connectivity index (χ0n) is 17.0. The number of fused-ring (bicyclic) bond motifs is 1. The van der Waals surface area contributed by atoms with Crippen LogP contribution in [0.25, 0.3) is 0 Å². The number of anilines is 1. The summed E-state index contributed by atoms with van der Waals surface area (Å²) in [6.07, 6.45) is 0.0787. The molecule has 0 spiro atoms. The second kappa shape index (κ2) is 8.41. The molecule has 5 heteroatoms. The van der Waals surface area contributed by atoms with E-state index in [-0.39, 0.29) is 17.9 Å². The minimum atomic E-state index is -0.504. The summed E-state index contributed by atoms with van der Waals surface area (Å²) in [7, 11) is 1.79. The fraction of sp³-hybridized carbons (Fsp3) is 0.200. The van der Waals surface area contributed by atoms with E-state index in [0.717, 1.165) is 16.9 Å². The molecule has 0 fully saturated rings. The average molecular weight is 400 g/mol. The van der Waals surface area contributed by atoms with Crippen molar-refractivity contribution in [1.29, 1.82) is 0 Å². The first-order valence-corrected chi connectivity index (χ1v) is 10.0. The van der Waals surface area contributed by atoms with E-state index in [1.807, 2.05) is 73.7 Å². The number of likely N-dealkylation sites (N-methyl/N-ethyl adjacent to an activating group) is 1. The van der Waals surface area contributed by atoms with Crippen LogP contribution in [0.3, 0.4) is 0 Å². The first-order valence-electron chi connectivity index (χ1n) is 10.0. The van der Waals surface area contributed by atoms with Crippen LogP contribution < -0.4 is 10.1 Å². The highest BCUT2D eigenvalue weighted by Crippen LogP contribution is 2.30. The Kier molecular flexibility index (Phi) is 5.53. The molecular formula is C25H24N2O3. The number of rotatable bonds is 5. The Hall–Kier alpha value is -3.60. The molecule has 4 rings (SSSR count). The van der Waals surface area contributed by atoms with Gasteiger partial charge in [0.2, 0.25) is 0 Å². The molecule has 3 aromatic carbocycles. The predicted octanol–water partition coefficient (Wildman–Crippen LogP) is 4.46. The van der Waals surface area contributed by atoms with E-state index in [4.69, 9.17) is 4.74 Å². The third-order valence-electron chi connectivity index (χ3n) is 5.51. The van der Waals surface area contributed by atoms with Gasteiger partial charge in [-0.25, -0.2) is 0 Å². The van der Waals surface area contributed by atoms with Gasteiger partial charge in [0.15, 0.2) is 6.10 Å². The van der Waals surface area contributed by atoms with Crippen molar-refractivity contribution < 1.29 is 14.3 Å². The molecule has 5 nitrogen and oxygen atoms in total. The number of ether oxygens (including phenoxy) is 1. The molecule has 30 heavy (non-hydrogen) atoms. The Morgan fingerprint density at radius 3 is 2.50 bits per heavy atom. The smallest absolute Gasteiger partial charge is 0.264 e. The molecule has 1 aliphatic heterocycles. The Morgan fingerprint density at radius 2 is 1.73 bits per heavy atom. The average Bonchev–Trinajstić information content (AvgIpc) is 3.22. The van der Waals surface area contributed by atoms with Gasteiger partial charge in [0.05, 0.1) is 6.04 Å². The summed E-state index contributed by atoms with van der Waals surface area (Å²) in [6.45, 7) is 1.97. The number of nitrogens with zero attached hydrogens (tertiary/aromatic N) is 1. The maximum Gasteiger partial charge on any atom is 0.264 e. The van der Waals surface area contributed by atoms with Crippen molar-refractivity contribution >= 4 is 17.5 Å². The van der Waals surface area contributed by atoms with Gasteiger partial charge < -0.3 is 15.0 Å². The van der Waals surface area contributed by atoms with Crippen molar-refractivity contribution in [2.75, 3.05) is 12.4 Å². The molecule has 1 aliphatic rings. The fourth-order valence-electron chi connectivity index (χ4n) is 3.63. The number of benzene rings is 3. The maximum absolute atomic E-state index is 13.0. The van der Waals surface area contributed by atoms with Crippen LogP contribution in [0.15, 0.2) is 78.9 Å². The van der Waals surface area contributed by atoms with Crippen molar-refractivity contribution in [2.45, 2.75) is 25.5 Å². The standard InChI is InChI=1S/C25H24N2O3/c1-17(27(2)25(29)23-16-20-11-6-7-14-22(20)30-23)19-12-8-13-21(15-19)26-24(28)18-9-4-3-5-10-18/h3-15,17,23H,16H2,1-2H3,(H,26,28)/t17-,23+/m0/s1. The van der Waals surface area contributed by atoms with Crippen LogP contribution in [-0.2, 0) is 11.2 Å². The molecule has 0 aliphatic carbocycles. The van der Waals surface area contributed by atoms with Gasteiger partial charge in [-0.2, -0.15) is 0 Å². The van der Waals surface area contributed by atoms with E-state index in [0.29, 0.717) is 17.7 Å². The van der Waals surface area contributed by atoms with Crippen LogP contribution in [-0.4, -0.2) is 29.9 Å². The monoisotopic (exact) mass is 400 g/mol. The summed E-state index contributed by atoms with van der Waals surface area (Å²) in [5.41, 5.74) is 3.29. The minimum Gasteiger partial charge on any atom is -0.480 e. The molecule has 1 heterocycles. The number of amides is 2. The topological polar surface area (TPSA) is 58.6 Å². The summed E-state index contributed by atoms with van der Waals surface area (Å²) >= 11 is 0. The van der Waals surface area contributed by atoms with Crippen molar-refractivity contribution in [3.8, 4) is 5.75 Å². The number of hydrogen-bond donors (Lipinski definition) is 1. The van der Waals surface area contributed by atoms with Gasteiger partial charge in [-0.15, -0.1) is 0 Å². The number of nitrogens with one attached hydrogen (secondary N) is 1. The molecule has 0 unspecified atom stereocenters. The Bertz CT molecular complexity index is 1040. The Balaban J connectivity index is 1.44. The molecule has 2 amide bonds. The second-order valence-electron chi connectivity index (χ2n) is 7.49. The second-order valence-corrected chi connectivity index (χ2v) is 7.49. The Morgan fingerprint density at radius 1 is 1.00 bits per heavy atom. The van der Waals surface area contributed by atoms with Gasteiger partial charge in [0.25, 0.3) is 11.8 Å². The van der Waals surface area contributed by atoms with Gasteiger partial charge >= 0.3 is 0 Å². The summed E-state index contributed by atoms with van der Waals surface area (Å²) in [6, 6.07) is 24.2. The molecule has 0 saturated carbocycles. The SMILES string of the molecule is C[C@@H](c1cccc(NC(=O)c2ccccc2)c1)N(C)C(=O)[C@H]1Cc2ccccc2O1. The van der Waals surface area contributed by atoms with Gasteiger partial charge in [0, 0.05) is 24.7 Å². The molecule has 2 atom stereocenters. The largest absolute Gasteiger partial charge is 0.480 e. The fourth-order valence-corrected chi connectivity index (χ4v) is 3.63. The first-order chi connectivity index (χ1) is 14.5. The third-order valence-corrected chi connectivity index (χ3v) is 5.51. The van der Waals surface area contributed by atoms with Crippen molar-refractivity contribution in [2.24, 2.45) is 0 Å². The van der Waals surface area contributed by atoms with Crippen LogP contribution in [0.2, 0.25) is 0 Å². The van der Waals surface area contributed by atoms with Gasteiger partial charge in [-0.05, 0) is 48.4 Å². The van der Waals surface area contributed by atoms with Crippen molar-refractivity contribution in [3.63, 3.8) is 0 Å². The molecular weight excluding hydrogens is 376 g/mol. The maximum atomic E-state index is 13.0. The number of para-hydroxylation sites is 1. The van der Waals surface area contributed by atoms with Crippen LogP contribution in [0.4, 0.5) is 5.69 Å². The van der Waals surface area contributed by atoms with Crippen molar-refractivity contribution in [1.82, 2.24) is 4.90 Å². The first kappa shape index (κ1) is 19.7. The predicted molar refractivity (Wildman–Crippen MR) is 117 cm³/mol. The highest BCUT2D eigenvalue weighted by atomic mass is 16.5. The highest BCUT2D eigenvalue weighted by molar-refractivity contribution is 6.04. The van der Waals surface area contributed by atoms with E-state index in [1.54, 1.807) is 24.1 Å².